The lowest BCUT2D eigenvalue weighted by molar-refractivity contribution is -0.376. The lowest BCUT2D eigenvalue weighted by Crippen LogP contribution is -2.54. The van der Waals surface area contributed by atoms with Gasteiger partial charge in [-0.05, 0) is 55.0 Å². The number of aliphatic hydroxyl groups is 1. The van der Waals surface area contributed by atoms with Gasteiger partial charge in [0.25, 0.3) is 5.60 Å². The van der Waals surface area contributed by atoms with E-state index in [-0.39, 0.29) is 54.1 Å². The molecule has 0 radical (unpaired) electrons. The zero-order valence-electron chi connectivity index (χ0n) is 18.2. The van der Waals surface area contributed by atoms with E-state index in [1.54, 1.807) is 6.92 Å². The highest BCUT2D eigenvalue weighted by molar-refractivity contribution is 7.92. The molecule has 0 aromatic heterocycles. The SMILES string of the molecule is C[C@@H]1C[C@](c2ccc(C(O)(C(F)(F)F)C(F)(F)F)cc2)(S(=O)(=O)c2ccc(F)cc2)CCC1N.Cl. The van der Waals surface area contributed by atoms with E-state index in [4.69, 9.17) is 5.73 Å². The molecule has 1 unspecified atom stereocenters. The molecule has 0 spiro atoms. The minimum Gasteiger partial charge on any atom is -0.369 e. The maximum atomic E-state index is 13.7. The molecule has 0 amide bonds. The van der Waals surface area contributed by atoms with Crippen LogP contribution in [0, 0.1) is 11.7 Å². The van der Waals surface area contributed by atoms with Crippen LogP contribution in [0.4, 0.5) is 30.7 Å². The van der Waals surface area contributed by atoms with Crippen LogP contribution in [0.3, 0.4) is 0 Å². The molecule has 1 fully saturated rings. The Bertz CT molecular complexity index is 1120. The molecule has 3 N–H and O–H groups in total. The summed E-state index contributed by atoms with van der Waals surface area (Å²) in [6, 6.07) is 6.16. The average molecular weight is 550 g/mol. The Morgan fingerprint density at radius 2 is 1.43 bits per heavy atom. The number of halogens is 8. The van der Waals surface area contributed by atoms with E-state index in [0.29, 0.717) is 12.1 Å². The van der Waals surface area contributed by atoms with Gasteiger partial charge >= 0.3 is 12.4 Å². The van der Waals surface area contributed by atoms with Crippen molar-refractivity contribution in [2.45, 2.75) is 59.8 Å². The van der Waals surface area contributed by atoms with Gasteiger partial charge in [-0.2, -0.15) is 26.3 Å². The van der Waals surface area contributed by atoms with Gasteiger partial charge in [-0.15, -0.1) is 12.4 Å². The number of benzene rings is 2. The second-order valence-electron chi connectivity index (χ2n) is 8.62. The van der Waals surface area contributed by atoms with Gasteiger partial charge in [0.1, 0.15) is 10.6 Å². The fourth-order valence-electron chi connectivity index (χ4n) is 4.46. The molecule has 35 heavy (non-hydrogen) atoms. The van der Waals surface area contributed by atoms with Crippen molar-refractivity contribution in [2.75, 3.05) is 0 Å². The first-order valence-electron chi connectivity index (χ1n) is 10.2. The second-order valence-corrected chi connectivity index (χ2v) is 10.9. The van der Waals surface area contributed by atoms with Crippen molar-refractivity contribution in [3.05, 3.63) is 65.5 Å². The number of hydrogen-bond donors (Lipinski definition) is 2. The molecule has 3 atom stereocenters. The molecule has 2 aromatic carbocycles. The lowest BCUT2D eigenvalue weighted by Gasteiger charge is -2.42. The Kier molecular flexibility index (Phi) is 7.99. The fraction of sp³-hybridized carbons (Fsp3) is 0.455. The summed E-state index contributed by atoms with van der Waals surface area (Å²) in [5.74, 6) is -1.04. The van der Waals surface area contributed by atoms with E-state index in [1.165, 1.54) is 0 Å². The number of alkyl halides is 6. The first-order valence-corrected chi connectivity index (χ1v) is 11.7. The molecule has 2 aromatic rings. The quantitative estimate of drug-likeness (QED) is 0.397. The molecule has 13 heteroatoms. The second kappa shape index (κ2) is 9.53. The summed E-state index contributed by atoms with van der Waals surface area (Å²) in [6.45, 7) is 1.69. The Morgan fingerprint density at radius 1 is 0.943 bits per heavy atom. The van der Waals surface area contributed by atoms with Crippen LogP contribution in [0.1, 0.15) is 37.3 Å². The number of sulfone groups is 1. The van der Waals surface area contributed by atoms with Crippen LogP contribution in [-0.4, -0.2) is 31.9 Å². The van der Waals surface area contributed by atoms with Gasteiger partial charge in [-0.1, -0.05) is 31.2 Å². The van der Waals surface area contributed by atoms with Crippen molar-refractivity contribution in [1.82, 2.24) is 0 Å². The molecule has 0 bridgehead atoms. The summed E-state index contributed by atoms with van der Waals surface area (Å²) < 4.78 is 119. The molecule has 1 saturated carbocycles. The number of rotatable bonds is 4. The van der Waals surface area contributed by atoms with Gasteiger partial charge in [0.2, 0.25) is 0 Å². The zero-order chi connectivity index (χ0) is 25.7. The highest BCUT2D eigenvalue weighted by Crippen LogP contribution is 2.52. The van der Waals surface area contributed by atoms with Gasteiger partial charge in [-0.3, -0.25) is 0 Å². The first kappa shape index (κ1) is 29.3. The Labute approximate surface area is 203 Å². The van der Waals surface area contributed by atoms with Crippen molar-refractivity contribution < 1.29 is 44.3 Å². The van der Waals surface area contributed by atoms with Gasteiger partial charge < -0.3 is 10.8 Å². The van der Waals surface area contributed by atoms with Gasteiger partial charge in [-0.25, -0.2) is 12.8 Å². The molecule has 3 rings (SSSR count). The van der Waals surface area contributed by atoms with Crippen LogP contribution < -0.4 is 5.73 Å². The molecular formula is C22H23ClF7NO3S. The lowest BCUT2D eigenvalue weighted by atomic mass is 9.75. The molecule has 0 heterocycles. The standard InChI is InChI=1S/C22H22F7NO3S.ClH/c1-13-12-19(11-10-18(13)30,34(32,33)17-8-6-16(23)7-9-17)14-2-4-15(5-3-14)20(31,21(24,25)26)22(27,28)29;/h2-9,13,18,31H,10-12,30H2,1H3;1H/t13-,18?,19-;/m1./s1. The van der Waals surface area contributed by atoms with Gasteiger partial charge in [0.15, 0.2) is 9.84 Å². The van der Waals surface area contributed by atoms with Crippen LogP contribution in [0.5, 0.6) is 0 Å². The third kappa shape index (κ3) is 4.77. The van der Waals surface area contributed by atoms with Crippen molar-refractivity contribution in [2.24, 2.45) is 11.7 Å². The third-order valence-corrected chi connectivity index (χ3v) is 9.08. The predicted molar refractivity (Wildman–Crippen MR) is 116 cm³/mol. The van der Waals surface area contributed by atoms with Crippen molar-refractivity contribution in [3.8, 4) is 0 Å². The Hall–Kier alpha value is -1.89. The van der Waals surface area contributed by atoms with Crippen LogP contribution in [0.25, 0.3) is 0 Å². The van der Waals surface area contributed by atoms with Crippen molar-refractivity contribution in [3.63, 3.8) is 0 Å². The summed E-state index contributed by atoms with van der Waals surface area (Å²) >= 11 is 0. The van der Waals surface area contributed by atoms with E-state index in [9.17, 15) is 44.3 Å². The van der Waals surface area contributed by atoms with Crippen LogP contribution in [0.2, 0.25) is 0 Å². The van der Waals surface area contributed by atoms with Crippen LogP contribution >= 0.6 is 12.4 Å². The monoisotopic (exact) mass is 549 g/mol. The van der Waals surface area contributed by atoms with E-state index < -0.39 is 43.9 Å². The van der Waals surface area contributed by atoms with E-state index >= 15 is 0 Å². The molecule has 1 aliphatic carbocycles. The molecular weight excluding hydrogens is 527 g/mol. The molecule has 4 nitrogen and oxygen atoms in total. The van der Waals surface area contributed by atoms with E-state index in [0.717, 1.165) is 36.4 Å². The summed E-state index contributed by atoms with van der Waals surface area (Å²) in [7, 11) is -4.28. The van der Waals surface area contributed by atoms with Crippen molar-refractivity contribution in [1.29, 1.82) is 0 Å². The highest BCUT2D eigenvalue weighted by Gasteiger charge is 2.71. The normalized spacial score (nSPS) is 24.1. The van der Waals surface area contributed by atoms with Crippen molar-refractivity contribution >= 4 is 22.2 Å². The smallest absolute Gasteiger partial charge is 0.369 e. The summed E-state index contributed by atoms with van der Waals surface area (Å²) in [5.41, 5.74) is -0.651. The molecule has 0 aliphatic heterocycles. The molecule has 196 valence electrons. The fourth-order valence-corrected chi connectivity index (χ4v) is 6.72. The predicted octanol–water partition coefficient (Wildman–Crippen LogP) is 5.38. The summed E-state index contributed by atoms with van der Waals surface area (Å²) in [6.07, 6.45) is -12.0. The number of hydrogen-bond acceptors (Lipinski definition) is 4. The molecule has 1 aliphatic rings. The van der Waals surface area contributed by atoms with Crippen LogP contribution in [-0.2, 0) is 20.2 Å². The summed E-state index contributed by atoms with van der Waals surface area (Å²) in [4.78, 5) is -0.247. The summed E-state index contributed by atoms with van der Waals surface area (Å²) in [5, 5.41) is 9.64. The largest absolute Gasteiger partial charge is 0.430 e. The van der Waals surface area contributed by atoms with Crippen LogP contribution in [0.15, 0.2) is 53.4 Å². The Morgan fingerprint density at radius 3 is 1.86 bits per heavy atom. The minimum atomic E-state index is -6.07. The highest BCUT2D eigenvalue weighted by atomic mass is 35.5. The maximum Gasteiger partial charge on any atom is 0.430 e. The minimum absolute atomic E-state index is 0. The number of nitrogens with two attached hydrogens (primary N) is 1. The topological polar surface area (TPSA) is 80.4 Å². The third-order valence-electron chi connectivity index (χ3n) is 6.55. The van der Waals surface area contributed by atoms with E-state index in [2.05, 4.69) is 0 Å². The Balaban J connectivity index is 0.00000432. The average Bonchev–Trinajstić information content (AvgIpc) is 2.74. The molecule has 0 saturated heterocycles. The van der Waals surface area contributed by atoms with E-state index in [1.807, 2.05) is 0 Å². The maximum absolute atomic E-state index is 13.7. The first-order chi connectivity index (χ1) is 15.5. The van der Waals surface area contributed by atoms with Gasteiger partial charge in [0.05, 0.1) is 4.90 Å². The van der Waals surface area contributed by atoms with Gasteiger partial charge in [0, 0.05) is 11.6 Å². The zero-order valence-corrected chi connectivity index (χ0v) is 19.8.